The molecule has 1 aromatic carbocycles. The first-order chi connectivity index (χ1) is 16.9. The van der Waals surface area contributed by atoms with Crippen molar-refractivity contribution in [2.24, 2.45) is 5.92 Å². The summed E-state index contributed by atoms with van der Waals surface area (Å²) in [5.74, 6) is 0.0875. The van der Waals surface area contributed by atoms with E-state index in [9.17, 15) is 14.4 Å². The van der Waals surface area contributed by atoms with Crippen molar-refractivity contribution in [2.75, 3.05) is 35.2 Å². The number of nitrogens with one attached hydrogen (secondary N) is 3. The number of benzene rings is 1. The van der Waals surface area contributed by atoms with E-state index in [4.69, 9.17) is 4.74 Å². The van der Waals surface area contributed by atoms with E-state index in [1.165, 1.54) is 0 Å². The standard InChI is InChI=1S/C26H33N5O4.H2O/c1-4-5-14-35-17(3)18-6-8-19(9-7-18)27-24(33)20-15-21(32)28-23-22(20)25(34)30-26(29-23)31-12-10-16(2)11-13-31;/h6-9,16,20H,3-5,10-15H2,1-2H3,(H,27,33)(H2,28,29,30,32,34);1H2. The summed E-state index contributed by atoms with van der Waals surface area (Å²) in [5, 5.41) is 5.50. The highest BCUT2D eigenvalue weighted by atomic mass is 16.5. The van der Waals surface area contributed by atoms with E-state index in [1.54, 1.807) is 12.1 Å². The average Bonchev–Trinajstić information content (AvgIpc) is 2.84. The number of ether oxygens (including phenoxy) is 1. The molecular weight excluding hydrogens is 462 g/mol. The molecule has 1 unspecified atom stereocenters. The van der Waals surface area contributed by atoms with E-state index in [0.717, 1.165) is 44.3 Å². The number of rotatable bonds is 8. The summed E-state index contributed by atoms with van der Waals surface area (Å²) in [4.78, 5) is 47.9. The lowest BCUT2D eigenvalue weighted by Gasteiger charge is -2.31. The number of unbranched alkanes of at least 4 members (excludes halogenated alkanes) is 1. The lowest BCUT2D eigenvalue weighted by atomic mass is 9.92. The Morgan fingerprint density at radius 2 is 1.92 bits per heavy atom. The number of aromatic amines is 1. The highest BCUT2D eigenvalue weighted by molar-refractivity contribution is 6.04. The first-order valence-electron chi connectivity index (χ1n) is 12.3. The largest absolute Gasteiger partial charge is 0.494 e. The molecule has 10 nitrogen and oxygen atoms in total. The minimum atomic E-state index is -0.933. The maximum Gasteiger partial charge on any atom is 0.258 e. The van der Waals surface area contributed by atoms with Crippen molar-refractivity contribution in [3.8, 4) is 0 Å². The second kappa shape index (κ2) is 11.9. The van der Waals surface area contributed by atoms with Gasteiger partial charge in [-0.3, -0.25) is 19.4 Å². The van der Waals surface area contributed by atoms with Crippen LogP contribution in [0, 0.1) is 5.92 Å². The van der Waals surface area contributed by atoms with Crippen molar-refractivity contribution < 1.29 is 19.8 Å². The molecule has 3 heterocycles. The van der Waals surface area contributed by atoms with Crippen molar-refractivity contribution in [3.05, 3.63) is 52.3 Å². The maximum absolute atomic E-state index is 13.1. The van der Waals surface area contributed by atoms with Crippen LogP contribution in [0.3, 0.4) is 0 Å². The normalized spacial score (nSPS) is 17.4. The van der Waals surface area contributed by atoms with Crippen LogP contribution < -0.4 is 21.1 Å². The lowest BCUT2D eigenvalue weighted by molar-refractivity contribution is -0.123. The Hall–Kier alpha value is -3.66. The van der Waals surface area contributed by atoms with Gasteiger partial charge in [-0.25, -0.2) is 0 Å². The van der Waals surface area contributed by atoms with Gasteiger partial charge in [-0.1, -0.05) is 26.8 Å². The Morgan fingerprint density at radius 3 is 2.58 bits per heavy atom. The molecule has 1 aromatic heterocycles. The number of hydrogen-bond acceptors (Lipinski definition) is 6. The summed E-state index contributed by atoms with van der Waals surface area (Å²) in [6.45, 7) is 10.4. The fourth-order valence-corrected chi connectivity index (χ4v) is 4.35. The highest BCUT2D eigenvalue weighted by Gasteiger charge is 2.35. The van der Waals surface area contributed by atoms with Crippen LogP contribution in [0.15, 0.2) is 35.6 Å². The molecule has 10 heteroatoms. The second-order valence-electron chi connectivity index (χ2n) is 9.32. The van der Waals surface area contributed by atoms with E-state index in [1.807, 2.05) is 17.0 Å². The molecule has 2 amide bonds. The van der Waals surface area contributed by atoms with Gasteiger partial charge >= 0.3 is 0 Å². The van der Waals surface area contributed by atoms with Gasteiger partial charge in [-0.15, -0.1) is 0 Å². The van der Waals surface area contributed by atoms with Crippen LogP contribution in [0.25, 0.3) is 5.76 Å². The molecular formula is C26H35N5O5. The quantitative estimate of drug-likeness (QED) is 0.377. The minimum absolute atomic E-state index is 0. The van der Waals surface area contributed by atoms with Crippen molar-refractivity contribution in [2.45, 2.75) is 51.9 Å². The maximum atomic E-state index is 13.1. The summed E-state index contributed by atoms with van der Waals surface area (Å²) >= 11 is 0. The van der Waals surface area contributed by atoms with Crippen molar-refractivity contribution in [1.82, 2.24) is 9.97 Å². The SMILES string of the molecule is C=C(OCCCC)c1ccc(NC(=O)C2CC(=O)Nc3nc(N4CCC(C)CC4)[nH]c(=O)c32)cc1.O. The van der Waals surface area contributed by atoms with Gasteiger partial charge in [0.2, 0.25) is 17.8 Å². The van der Waals surface area contributed by atoms with Crippen molar-refractivity contribution in [3.63, 3.8) is 0 Å². The van der Waals surface area contributed by atoms with E-state index < -0.39 is 17.4 Å². The molecule has 2 aliphatic rings. The summed E-state index contributed by atoms with van der Waals surface area (Å²) in [6.07, 6.45) is 3.89. The van der Waals surface area contributed by atoms with E-state index in [-0.39, 0.29) is 29.2 Å². The molecule has 0 bridgehead atoms. The van der Waals surface area contributed by atoms with Gasteiger partial charge in [-0.05, 0) is 49.4 Å². The first-order valence-corrected chi connectivity index (χ1v) is 12.3. The van der Waals surface area contributed by atoms with Gasteiger partial charge in [0.1, 0.15) is 11.6 Å². The van der Waals surface area contributed by atoms with Crippen LogP contribution in [0.2, 0.25) is 0 Å². The average molecular weight is 498 g/mol. The zero-order valence-corrected chi connectivity index (χ0v) is 20.9. The number of anilines is 3. The molecule has 194 valence electrons. The molecule has 2 aromatic rings. The number of nitrogens with zero attached hydrogens (tertiary/aromatic N) is 2. The number of fused-ring (bicyclic) bond motifs is 1. The fraction of sp³-hybridized carbons (Fsp3) is 0.462. The molecule has 5 N–H and O–H groups in total. The number of carbonyl (C=O) groups is 2. The van der Waals surface area contributed by atoms with E-state index >= 15 is 0 Å². The van der Waals surface area contributed by atoms with Gasteiger partial charge in [-0.2, -0.15) is 4.98 Å². The van der Waals surface area contributed by atoms with Gasteiger partial charge < -0.3 is 25.7 Å². The number of amides is 2. The molecule has 0 aliphatic carbocycles. The zero-order valence-electron chi connectivity index (χ0n) is 20.9. The molecule has 4 rings (SSSR count). The molecule has 1 saturated heterocycles. The molecule has 0 saturated carbocycles. The third-order valence-electron chi connectivity index (χ3n) is 6.59. The topological polar surface area (TPSA) is 148 Å². The Kier molecular flexibility index (Phi) is 8.87. The van der Waals surface area contributed by atoms with Crippen LogP contribution in [0.5, 0.6) is 0 Å². The zero-order chi connectivity index (χ0) is 24.9. The Labute approximate surface area is 210 Å². The Balaban J connectivity index is 0.00000361. The minimum Gasteiger partial charge on any atom is -0.494 e. The third-order valence-corrected chi connectivity index (χ3v) is 6.59. The molecule has 0 spiro atoms. The smallest absolute Gasteiger partial charge is 0.258 e. The second-order valence-corrected chi connectivity index (χ2v) is 9.32. The molecule has 1 atom stereocenters. The highest BCUT2D eigenvalue weighted by Crippen LogP contribution is 2.31. The summed E-state index contributed by atoms with van der Waals surface area (Å²) in [5.41, 5.74) is 1.16. The molecule has 36 heavy (non-hydrogen) atoms. The van der Waals surface area contributed by atoms with E-state index in [0.29, 0.717) is 29.9 Å². The number of piperidine rings is 1. The third kappa shape index (κ3) is 6.12. The number of carbonyl (C=O) groups excluding carboxylic acids is 2. The number of H-pyrrole nitrogens is 1. The number of aromatic nitrogens is 2. The van der Waals surface area contributed by atoms with Crippen molar-refractivity contribution >= 4 is 35.0 Å². The predicted octanol–water partition coefficient (Wildman–Crippen LogP) is 3.03. The van der Waals surface area contributed by atoms with Crippen LogP contribution in [-0.4, -0.2) is 47.0 Å². The molecule has 0 radical (unpaired) electrons. The van der Waals surface area contributed by atoms with Gasteiger partial charge in [0, 0.05) is 30.8 Å². The first kappa shape index (κ1) is 26.9. The van der Waals surface area contributed by atoms with E-state index in [2.05, 4.69) is 41.0 Å². The lowest BCUT2D eigenvalue weighted by Crippen LogP contribution is -2.39. The van der Waals surface area contributed by atoms with Crippen molar-refractivity contribution in [1.29, 1.82) is 0 Å². The van der Waals surface area contributed by atoms with Crippen LogP contribution >= 0.6 is 0 Å². The fourth-order valence-electron chi connectivity index (χ4n) is 4.35. The Bertz CT molecular complexity index is 1150. The summed E-state index contributed by atoms with van der Waals surface area (Å²) in [6, 6.07) is 7.11. The molecule has 2 aliphatic heterocycles. The summed E-state index contributed by atoms with van der Waals surface area (Å²) in [7, 11) is 0. The van der Waals surface area contributed by atoms with Crippen LogP contribution in [0.4, 0.5) is 17.5 Å². The van der Waals surface area contributed by atoms with Crippen LogP contribution in [-0.2, 0) is 14.3 Å². The van der Waals surface area contributed by atoms with Crippen LogP contribution in [0.1, 0.15) is 63.0 Å². The monoisotopic (exact) mass is 497 g/mol. The van der Waals surface area contributed by atoms with Gasteiger partial charge in [0.05, 0.1) is 18.1 Å². The number of hydrogen-bond donors (Lipinski definition) is 3. The van der Waals surface area contributed by atoms with Gasteiger partial charge in [0.25, 0.3) is 5.56 Å². The van der Waals surface area contributed by atoms with Gasteiger partial charge in [0.15, 0.2) is 0 Å². The summed E-state index contributed by atoms with van der Waals surface area (Å²) < 4.78 is 5.63. The molecule has 1 fully saturated rings. The Morgan fingerprint density at radius 1 is 1.22 bits per heavy atom. The predicted molar refractivity (Wildman–Crippen MR) is 140 cm³/mol.